The fraction of sp³-hybridized carbons (Fsp3) is 0.571. The molecule has 0 aliphatic heterocycles. The quantitative estimate of drug-likeness (QED) is 0.694. The second-order valence-electron chi connectivity index (χ2n) is 4.51. The summed E-state index contributed by atoms with van der Waals surface area (Å²) in [7, 11) is -2.19. The largest absolute Gasteiger partial charge is 0.391 e. The highest BCUT2D eigenvalue weighted by atomic mass is 28.4. The van der Waals surface area contributed by atoms with E-state index in [1.165, 1.54) is 10.8 Å². The van der Waals surface area contributed by atoms with Crippen molar-refractivity contribution in [2.75, 3.05) is 13.2 Å². The van der Waals surface area contributed by atoms with Gasteiger partial charge in [-0.05, 0) is 31.5 Å². The minimum absolute atomic E-state index is 0.778. The number of rotatable bonds is 7. The summed E-state index contributed by atoms with van der Waals surface area (Å²) in [4.78, 5) is 0. The molecule has 96 valence electrons. The summed E-state index contributed by atoms with van der Waals surface area (Å²) in [5, 5.41) is 1.23. The van der Waals surface area contributed by atoms with E-state index in [1.807, 2.05) is 0 Å². The maximum absolute atomic E-state index is 6.02. The molecule has 1 rings (SSSR count). The molecular formula is C14H24O2Si. The van der Waals surface area contributed by atoms with Crippen molar-refractivity contribution in [3.05, 3.63) is 29.8 Å². The molecule has 1 aromatic carbocycles. The average Bonchev–Trinajstić information content (AvgIpc) is 2.34. The van der Waals surface area contributed by atoms with Crippen molar-refractivity contribution >= 4 is 13.7 Å². The van der Waals surface area contributed by atoms with Crippen LogP contribution in [0.15, 0.2) is 24.3 Å². The zero-order valence-electron chi connectivity index (χ0n) is 11.5. The van der Waals surface area contributed by atoms with E-state index >= 15 is 0 Å². The lowest BCUT2D eigenvalue weighted by Crippen LogP contribution is -2.51. The van der Waals surface area contributed by atoms with Gasteiger partial charge in [0.1, 0.15) is 0 Å². The molecule has 0 heterocycles. The van der Waals surface area contributed by atoms with Crippen LogP contribution in [0.5, 0.6) is 0 Å². The molecule has 17 heavy (non-hydrogen) atoms. The zero-order chi connectivity index (χ0) is 12.7. The van der Waals surface area contributed by atoms with Gasteiger partial charge in [0.05, 0.1) is 0 Å². The molecule has 0 aromatic heterocycles. The molecule has 0 fully saturated rings. The Bertz CT molecular complexity index is 313. The Labute approximate surface area is 106 Å². The first-order valence-corrected chi connectivity index (χ1v) is 8.79. The molecule has 0 bridgehead atoms. The first kappa shape index (κ1) is 14.4. The highest BCUT2D eigenvalue weighted by Gasteiger charge is 2.33. The third-order valence-electron chi connectivity index (χ3n) is 2.74. The van der Waals surface area contributed by atoms with Gasteiger partial charge in [-0.3, -0.25) is 0 Å². The van der Waals surface area contributed by atoms with E-state index in [4.69, 9.17) is 8.85 Å². The van der Waals surface area contributed by atoms with Gasteiger partial charge in [-0.1, -0.05) is 43.7 Å². The van der Waals surface area contributed by atoms with Gasteiger partial charge < -0.3 is 8.85 Å². The number of hydrogen-bond acceptors (Lipinski definition) is 2. The molecule has 0 saturated carbocycles. The summed E-state index contributed by atoms with van der Waals surface area (Å²) >= 11 is 0. The normalized spacial score (nSPS) is 11.8. The summed E-state index contributed by atoms with van der Waals surface area (Å²) in [5.41, 5.74) is 1.27. The summed E-state index contributed by atoms with van der Waals surface area (Å²) in [5.74, 6) is 0. The summed E-state index contributed by atoms with van der Waals surface area (Å²) < 4.78 is 12.0. The lowest BCUT2D eigenvalue weighted by Gasteiger charge is -2.27. The van der Waals surface area contributed by atoms with E-state index < -0.39 is 8.56 Å². The van der Waals surface area contributed by atoms with E-state index in [1.54, 1.807) is 0 Å². The number of aryl methyl sites for hydroxylation is 1. The van der Waals surface area contributed by atoms with Crippen molar-refractivity contribution in [2.24, 2.45) is 0 Å². The Balaban J connectivity index is 2.83. The third-order valence-corrected chi connectivity index (χ3v) is 5.63. The molecule has 0 unspecified atom stereocenters. The molecule has 0 spiro atoms. The Morgan fingerprint density at radius 1 is 0.941 bits per heavy atom. The summed E-state index contributed by atoms with van der Waals surface area (Å²) in [6, 6.07) is 8.55. The molecule has 0 atom stereocenters. The van der Waals surface area contributed by atoms with Gasteiger partial charge in [-0.25, -0.2) is 0 Å². The van der Waals surface area contributed by atoms with E-state index in [0.717, 1.165) is 26.1 Å². The second-order valence-corrected chi connectivity index (χ2v) is 7.55. The summed E-state index contributed by atoms with van der Waals surface area (Å²) in [6.07, 6.45) is 2.06. The third kappa shape index (κ3) is 4.26. The van der Waals surface area contributed by atoms with E-state index in [0.29, 0.717) is 0 Å². The van der Waals surface area contributed by atoms with Crippen LogP contribution in [0.1, 0.15) is 32.3 Å². The molecular weight excluding hydrogens is 228 g/mol. The maximum atomic E-state index is 6.02. The fourth-order valence-corrected chi connectivity index (χ4v) is 4.03. The van der Waals surface area contributed by atoms with Crippen molar-refractivity contribution in [3.8, 4) is 0 Å². The van der Waals surface area contributed by atoms with Crippen LogP contribution in [0.25, 0.3) is 0 Å². The minimum atomic E-state index is -2.19. The van der Waals surface area contributed by atoms with Gasteiger partial charge in [0.15, 0.2) is 0 Å². The second kappa shape index (κ2) is 6.94. The average molecular weight is 252 g/mol. The minimum Gasteiger partial charge on any atom is -0.391 e. The van der Waals surface area contributed by atoms with Crippen LogP contribution in [0, 0.1) is 6.92 Å². The van der Waals surface area contributed by atoms with Gasteiger partial charge in [-0.2, -0.15) is 0 Å². The molecule has 0 aliphatic rings. The molecule has 2 nitrogen and oxygen atoms in total. The Morgan fingerprint density at radius 3 is 1.82 bits per heavy atom. The smallest absolute Gasteiger partial charge is 0.369 e. The SMILES string of the molecule is CCCO[Si](C)(OCCC)c1ccc(C)cc1. The zero-order valence-corrected chi connectivity index (χ0v) is 12.5. The molecule has 0 aliphatic carbocycles. The standard InChI is InChI=1S/C14H24O2Si/c1-5-11-15-17(4,16-12-6-2)14-9-7-13(3)8-10-14/h7-10H,5-6,11-12H2,1-4H3. The van der Waals surface area contributed by atoms with E-state index in [-0.39, 0.29) is 0 Å². The van der Waals surface area contributed by atoms with Crippen LogP contribution < -0.4 is 5.19 Å². The van der Waals surface area contributed by atoms with Crippen molar-refractivity contribution in [1.82, 2.24) is 0 Å². The van der Waals surface area contributed by atoms with E-state index in [9.17, 15) is 0 Å². The molecule has 0 radical (unpaired) electrons. The van der Waals surface area contributed by atoms with Crippen LogP contribution in [0.2, 0.25) is 6.55 Å². The molecule has 0 amide bonds. The first-order valence-electron chi connectivity index (χ1n) is 6.47. The van der Waals surface area contributed by atoms with Crippen LogP contribution in [0.3, 0.4) is 0 Å². The Hall–Kier alpha value is -0.643. The Morgan fingerprint density at radius 2 is 1.41 bits per heavy atom. The monoisotopic (exact) mass is 252 g/mol. The van der Waals surface area contributed by atoms with Gasteiger partial charge in [0, 0.05) is 13.2 Å². The number of hydrogen-bond donors (Lipinski definition) is 0. The molecule has 0 N–H and O–H groups in total. The molecule has 3 heteroatoms. The van der Waals surface area contributed by atoms with Gasteiger partial charge in [0.25, 0.3) is 0 Å². The van der Waals surface area contributed by atoms with Crippen molar-refractivity contribution in [1.29, 1.82) is 0 Å². The van der Waals surface area contributed by atoms with Gasteiger partial charge in [0.2, 0.25) is 0 Å². The lowest BCUT2D eigenvalue weighted by atomic mass is 10.2. The van der Waals surface area contributed by atoms with Crippen LogP contribution in [0.4, 0.5) is 0 Å². The maximum Gasteiger partial charge on any atom is 0.369 e. The van der Waals surface area contributed by atoms with Crippen LogP contribution in [-0.4, -0.2) is 21.8 Å². The summed E-state index contributed by atoms with van der Waals surface area (Å²) in [6.45, 7) is 10.1. The van der Waals surface area contributed by atoms with Crippen molar-refractivity contribution < 1.29 is 8.85 Å². The molecule has 0 saturated heterocycles. The number of benzene rings is 1. The van der Waals surface area contributed by atoms with Gasteiger partial charge in [-0.15, -0.1) is 0 Å². The van der Waals surface area contributed by atoms with E-state index in [2.05, 4.69) is 51.6 Å². The van der Waals surface area contributed by atoms with Crippen LogP contribution in [-0.2, 0) is 8.85 Å². The topological polar surface area (TPSA) is 18.5 Å². The fourth-order valence-electron chi connectivity index (χ4n) is 1.66. The van der Waals surface area contributed by atoms with Crippen molar-refractivity contribution in [3.63, 3.8) is 0 Å². The van der Waals surface area contributed by atoms with Gasteiger partial charge >= 0.3 is 8.56 Å². The van der Waals surface area contributed by atoms with Crippen molar-refractivity contribution in [2.45, 2.75) is 40.2 Å². The van der Waals surface area contributed by atoms with Crippen LogP contribution >= 0.6 is 0 Å². The predicted molar refractivity (Wildman–Crippen MR) is 74.9 cm³/mol. The predicted octanol–water partition coefficient (Wildman–Crippen LogP) is 3.13. The highest BCUT2D eigenvalue weighted by Crippen LogP contribution is 2.10. The Kier molecular flexibility index (Phi) is 5.89. The first-order chi connectivity index (χ1) is 8.12. The highest BCUT2D eigenvalue weighted by molar-refractivity contribution is 6.79. The lowest BCUT2D eigenvalue weighted by molar-refractivity contribution is 0.185. The molecule has 1 aromatic rings.